The molecule has 0 aromatic heterocycles. The maximum absolute atomic E-state index is 8.34. The monoisotopic (exact) mass is 494 g/mol. The molecule has 0 aliphatic rings. The molecule has 0 amide bonds. The van der Waals surface area contributed by atoms with Gasteiger partial charge in [0.15, 0.2) is 0 Å². The van der Waals surface area contributed by atoms with Gasteiger partial charge in [-0.15, -0.1) is 0 Å². The van der Waals surface area contributed by atoms with Crippen LogP contribution in [0.15, 0.2) is 0 Å². The third kappa shape index (κ3) is 107. The summed E-state index contributed by atoms with van der Waals surface area (Å²) in [6.07, 6.45) is 0. The van der Waals surface area contributed by atoms with Crippen molar-refractivity contribution in [1.29, 1.82) is 0 Å². The molecular formula is In2O5SnZn. The van der Waals surface area contributed by atoms with Gasteiger partial charge in [0.1, 0.15) is 0 Å². The predicted octanol–water partition coefficient (Wildman–Crippen LogP) is -1.74. The minimum absolute atomic E-state index is 0. The van der Waals surface area contributed by atoms with Crippen LogP contribution in [0.1, 0.15) is 0 Å². The molecule has 42 valence electrons. The molecule has 0 unspecified atom stereocenters. The second-order valence-corrected chi connectivity index (χ2v) is 0. The summed E-state index contributed by atoms with van der Waals surface area (Å²) in [5, 5.41) is 0. The second-order valence-electron chi connectivity index (χ2n) is 0. The van der Waals surface area contributed by atoms with Gasteiger partial charge in [0.05, 0.1) is 0 Å². The fraction of sp³-hybridized carbons (Fsp3) is 0. The van der Waals surface area contributed by atoms with Gasteiger partial charge in [-0.2, -0.15) is 0 Å². The Morgan fingerprint density at radius 1 is 0.667 bits per heavy atom. The molecule has 0 spiro atoms. The van der Waals surface area contributed by atoms with E-state index in [2.05, 4.69) is 0 Å². The zero-order valence-corrected chi connectivity index (χ0v) is 16.8. The van der Waals surface area contributed by atoms with Gasteiger partial charge in [-0.3, -0.25) is 0 Å². The van der Waals surface area contributed by atoms with Crippen LogP contribution in [-0.4, -0.2) is 74.2 Å². The third-order valence-electron chi connectivity index (χ3n) is 0. The quantitative estimate of drug-likeness (QED) is 0.364. The van der Waals surface area contributed by atoms with Crippen LogP contribution in [0.25, 0.3) is 0 Å². The minimum Gasteiger partial charge on any atom is 2.00 e. The number of rotatable bonds is 0. The van der Waals surface area contributed by atoms with Gasteiger partial charge in [0, 0.05) is 0 Å². The molecule has 0 fully saturated rings. The van der Waals surface area contributed by atoms with E-state index >= 15 is 0 Å². The van der Waals surface area contributed by atoms with E-state index in [0.717, 1.165) is 0 Å². The molecule has 0 aromatic carbocycles. The van der Waals surface area contributed by atoms with Gasteiger partial charge < -0.3 is 21.9 Å². The Bertz CT molecular complexity index is 14.9. The number of hydrogen-bond donors (Lipinski definition) is 0. The first-order valence-corrected chi connectivity index (χ1v) is 1.37. The van der Waals surface area contributed by atoms with Crippen LogP contribution >= 0.6 is 0 Å². The Balaban J connectivity index is -0.000000000238. The molecule has 0 atom stereocenters. The van der Waals surface area contributed by atoms with Crippen molar-refractivity contribution in [2.24, 2.45) is 0 Å². The van der Waals surface area contributed by atoms with Crippen molar-refractivity contribution in [1.82, 2.24) is 0 Å². The molecule has 0 N–H and O–H groups in total. The summed E-state index contributed by atoms with van der Waals surface area (Å²) in [5.74, 6) is 0. The normalized spacial score (nSPS) is 0.444. The maximum atomic E-state index is 8.34. The SMILES string of the molecule is [In+3].[In+3].[O-2].[O-2].[O-2].[O-2].[O]=[Sn].[Zn+2]. The van der Waals surface area contributed by atoms with E-state index in [4.69, 9.17) is 3.08 Å². The van der Waals surface area contributed by atoms with Crippen molar-refractivity contribution in [3.05, 3.63) is 0 Å². The fourth-order valence-electron chi connectivity index (χ4n) is 0. The van der Waals surface area contributed by atoms with E-state index in [-0.39, 0.29) is 93.1 Å². The van der Waals surface area contributed by atoms with Crippen LogP contribution in [-0.2, 0) is 44.5 Å². The molecule has 0 aliphatic carbocycles. The van der Waals surface area contributed by atoms with E-state index in [1.807, 2.05) is 0 Å². The van der Waals surface area contributed by atoms with Crippen molar-refractivity contribution in [3.8, 4) is 0 Å². The first kappa shape index (κ1) is 95.3. The molecule has 0 heterocycles. The molecular weight excluding hydrogens is 494 g/mol. The maximum Gasteiger partial charge on any atom is 2.00 e. The van der Waals surface area contributed by atoms with Gasteiger partial charge >= 0.3 is 96.8 Å². The molecule has 0 bridgehead atoms. The summed E-state index contributed by atoms with van der Waals surface area (Å²) in [5.41, 5.74) is 0. The van der Waals surface area contributed by atoms with Gasteiger partial charge in [0.2, 0.25) is 0 Å². The molecule has 0 rings (SSSR count). The first-order valence-electron chi connectivity index (χ1n) is 0.204. The molecule has 5 nitrogen and oxygen atoms in total. The van der Waals surface area contributed by atoms with Crippen LogP contribution in [0.3, 0.4) is 0 Å². The molecule has 2 radical (unpaired) electrons. The van der Waals surface area contributed by atoms with Gasteiger partial charge in [-0.1, -0.05) is 0 Å². The van der Waals surface area contributed by atoms with Crippen molar-refractivity contribution in [3.63, 3.8) is 0 Å². The van der Waals surface area contributed by atoms with Crippen molar-refractivity contribution in [2.45, 2.75) is 0 Å². The molecule has 0 saturated heterocycles. The zero-order valence-electron chi connectivity index (χ0n) is 4.40. The summed E-state index contributed by atoms with van der Waals surface area (Å²) in [4.78, 5) is 0. The number of hydrogen-bond acceptors (Lipinski definition) is 1. The summed E-state index contributed by atoms with van der Waals surface area (Å²) >= 11 is 0.300. The second kappa shape index (κ2) is 132. The Morgan fingerprint density at radius 3 is 0.667 bits per heavy atom. The smallest absolute Gasteiger partial charge is 2.00 e. The van der Waals surface area contributed by atoms with Crippen LogP contribution in [0.2, 0.25) is 0 Å². The summed E-state index contributed by atoms with van der Waals surface area (Å²) in [7, 11) is 0. The summed E-state index contributed by atoms with van der Waals surface area (Å²) in [6.45, 7) is 0. The largest absolute Gasteiger partial charge is 2.00 e. The van der Waals surface area contributed by atoms with Gasteiger partial charge in [-0.25, -0.2) is 0 Å². The van der Waals surface area contributed by atoms with E-state index in [1.54, 1.807) is 0 Å². The molecule has 9 heavy (non-hydrogen) atoms. The molecule has 9 heteroatoms. The average Bonchev–Trinajstić information content (AvgIpc) is 1.00. The van der Waals surface area contributed by atoms with E-state index in [0.29, 0.717) is 22.5 Å². The zero-order chi connectivity index (χ0) is 2.00. The standard InChI is InChI=1S/2In.5O.Sn.Zn/q2*+3;;4*-2;;+2. The summed E-state index contributed by atoms with van der Waals surface area (Å²) < 4.78 is 8.34. The van der Waals surface area contributed by atoms with E-state index in [9.17, 15) is 0 Å². The predicted molar refractivity (Wildman–Crippen MR) is 20.7 cm³/mol. The van der Waals surface area contributed by atoms with Crippen LogP contribution in [0, 0.1) is 0 Å². The topological polar surface area (TPSA) is 131 Å². The van der Waals surface area contributed by atoms with Crippen LogP contribution in [0.5, 0.6) is 0 Å². The average molecular weight is 494 g/mol. The summed E-state index contributed by atoms with van der Waals surface area (Å²) in [6, 6.07) is 0. The Hall–Kier alpha value is 2.80. The third-order valence-corrected chi connectivity index (χ3v) is 0. The molecule has 0 saturated carbocycles. The molecule has 0 aromatic rings. The van der Waals surface area contributed by atoms with Gasteiger partial charge in [-0.05, 0) is 0 Å². The first-order chi connectivity index (χ1) is 1.00. The van der Waals surface area contributed by atoms with Crippen molar-refractivity contribution < 1.29 is 44.5 Å². The van der Waals surface area contributed by atoms with E-state index in [1.165, 1.54) is 0 Å². The Morgan fingerprint density at radius 2 is 0.667 bits per heavy atom. The Labute approximate surface area is 117 Å². The fourth-order valence-corrected chi connectivity index (χ4v) is 0. The van der Waals surface area contributed by atoms with Crippen LogP contribution in [0.4, 0.5) is 0 Å². The van der Waals surface area contributed by atoms with E-state index < -0.39 is 0 Å². The van der Waals surface area contributed by atoms with Crippen molar-refractivity contribution >= 4 is 74.2 Å². The Kier molecular flexibility index (Phi) is 1400. The minimum atomic E-state index is 0. The van der Waals surface area contributed by atoms with Gasteiger partial charge in [0.25, 0.3) is 0 Å². The van der Waals surface area contributed by atoms with Crippen molar-refractivity contribution in [2.75, 3.05) is 0 Å². The molecule has 0 aliphatic heterocycles. The van der Waals surface area contributed by atoms with Crippen LogP contribution < -0.4 is 0 Å².